The normalized spacial score (nSPS) is 13.5. The van der Waals surface area contributed by atoms with E-state index >= 15 is 0 Å². The number of thiophene rings is 2. The SMILES string of the molecule is COc1cccc(C[NH+](C)[C@@H](C)c2nc3scc(-c4cccs4)c3c(=O)[nH]2)c1. The monoisotopic (exact) mass is 412 g/mol. The van der Waals surface area contributed by atoms with Crippen LogP contribution in [0.5, 0.6) is 5.75 Å². The van der Waals surface area contributed by atoms with Gasteiger partial charge in [0.25, 0.3) is 5.56 Å². The van der Waals surface area contributed by atoms with Gasteiger partial charge in [-0.05, 0) is 30.5 Å². The number of aromatic amines is 1. The molecule has 0 spiro atoms. The molecular formula is C21H22N3O2S2+. The number of ether oxygens (including phenoxy) is 1. The lowest BCUT2D eigenvalue weighted by Crippen LogP contribution is -3.07. The van der Waals surface area contributed by atoms with Crippen molar-refractivity contribution in [1.29, 1.82) is 0 Å². The molecule has 3 aromatic heterocycles. The zero-order chi connectivity index (χ0) is 19.7. The number of aromatic nitrogens is 2. The summed E-state index contributed by atoms with van der Waals surface area (Å²) in [5.74, 6) is 1.57. The van der Waals surface area contributed by atoms with Crippen molar-refractivity contribution in [2.24, 2.45) is 0 Å². The highest BCUT2D eigenvalue weighted by Crippen LogP contribution is 2.33. The Bertz CT molecular complexity index is 1150. The minimum atomic E-state index is -0.0642. The van der Waals surface area contributed by atoms with Crippen molar-refractivity contribution >= 4 is 32.9 Å². The number of nitrogens with one attached hydrogen (secondary N) is 2. The molecule has 7 heteroatoms. The van der Waals surface area contributed by atoms with Gasteiger partial charge in [-0.3, -0.25) is 4.79 Å². The number of fused-ring (bicyclic) bond motifs is 1. The molecule has 5 nitrogen and oxygen atoms in total. The van der Waals surface area contributed by atoms with E-state index in [-0.39, 0.29) is 11.6 Å². The van der Waals surface area contributed by atoms with Crippen LogP contribution >= 0.6 is 22.7 Å². The molecule has 0 aliphatic carbocycles. The first-order chi connectivity index (χ1) is 13.6. The summed E-state index contributed by atoms with van der Waals surface area (Å²) < 4.78 is 5.31. The lowest BCUT2D eigenvalue weighted by Gasteiger charge is -2.21. The molecule has 0 aliphatic rings. The van der Waals surface area contributed by atoms with Crippen LogP contribution in [0.2, 0.25) is 0 Å². The van der Waals surface area contributed by atoms with E-state index in [0.29, 0.717) is 5.39 Å². The van der Waals surface area contributed by atoms with Gasteiger partial charge in [0, 0.05) is 21.4 Å². The third kappa shape index (κ3) is 3.61. The van der Waals surface area contributed by atoms with E-state index in [1.165, 1.54) is 21.8 Å². The summed E-state index contributed by atoms with van der Waals surface area (Å²) in [5, 5.41) is 4.74. The van der Waals surface area contributed by atoms with Crippen LogP contribution in [0, 0.1) is 0 Å². The molecular weight excluding hydrogens is 390 g/mol. The van der Waals surface area contributed by atoms with Gasteiger partial charge in [-0.2, -0.15) is 0 Å². The molecule has 4 aromatic rings. The van der Waals surface area contributed by atoms with E-state index in [9.17, 15) is 4.79 Å². The van der Waals surface area contributed by atoms with E-state index in [2.05, 4.69) is 25.0 Å². The molecule has 1 aromatic carbocycles. The van der Waals surface area contributed by atoms with Crippen LogP contribution in [0.1, 0.15) is 24.4 Å². The van der Waals surface area contributed by atoms with Gasteiger partial charge in [0.1, 0.15) is 23.2 Å². The number of methoxy groups -OCH3 is 1. The fourth-order valence-corrected chi connectivity index (χ4v) is 5.04. The molecule has 2 N–H and O–H groups in total. The Morgan fingerprint density at radius 2 is 2.11 bits per heavy atom. The highest BCUT2D eigenvalue weighted by Gasteiger charge is 2.21. The standard InChI is InChI=1S/C21H21N3O2S2/c1-13(24(2)11-14-6-4-7-15(10-14)26-3)19-22-20(25)18-16(12-28-21(18)23-19)17-8-5-9-27-17/h4-10,12-13H,11H2,1-3H3,(H,22,23,25)/p+1/t13-/m0/s1. The molecule has 1 unspecified atom stereocenters. The van der Waals surface area contributed by atoms with E-state index in [0.717, 1.165) is 33.4 Å². The number of H-pyrrole nitrogens is 1. The van der Waals surface area contributed by atoms with Gasteiger partial charge < -0.3 is 14.6 Å². The molecule has 4 rings (SSSR count). The summed E-state index contributed by atoms with van der Waals surface area (Å²) in [4.78, 5) is 23.8. The lowest BCUT2D eigenvalue weighted by molar-refractivity contribution is -0.924. The Labute approximate surface area is 171 Å². The second kappa shape index (κ2) is 7.87. The quantitative estimate of drug-likeness (QED) is 0.510. The second-order valence-corrected chi connectivity index (χ2v) is 8.66. The first kappa shape index (κ1) is 18.9. The smallest absolute Gasteiger partial charge is 0.260 e. The minimum Gasteiger partial charge on any atom is -0.497 e. The van der Waals surface area contributed by atoms with E-state index in [1.54, 1.807) is 18.4 Å². The van der Waals surface area contributed by atoms with Crippen LogP contribution in [0.3, 0.4) is 0 Å². The topological polar surface area (TPSA) is 59.4 Å². The summed E-state index contributed by atoms with van der Waals surface area (Å²) in [7, 11) is 3.79. The van der Waals surface area contributed by atoms with Crippen molar-refractivity contribution < 1.29 is 9.64 Å². The van der Waals surface area contributed by atoms with Crippen molar-refractivity contribution in [2.75, 3.05) is 14.2 Å². The van der Waals surface area contributed by atoms with Gasteiger partial charge in [0.2, 0.25) is 0 Å². The Morgan fingerprint density at radius 1 is 1.25 bits per heavy atom. The van der Waals surface area contributed by atoms with Crippen LogP contribution in [-0.4, -0.2) is 24.1 Å². The largest absolute Gasteiger partial charge is 0.497 e. The third-order valence-electron chi connectivity index (χ3n) is 5.02. The number of nitrogens with zero attached hydrogens (tertiary/aromatic N) is 1. The molecule has 0 bridgehead atoms. The van der Waals surface area contributed by atoms with Crippen molar-refractivity contribution in [1.82, 2.24) is 9.97 Å². The molecule has 3 heterocycles. The van der Waals surface area contributed by atoms with Gasteiger partial charge in [-0.25, -0.2) is 4.98 Å². The Morgan fingerprint density at radius 3 is 2.86 bits per heavy atom. The van der Waals surface area contributed by atoms with Crippen LogP contribution in [0.25, 0.3) is 20.7 Å². The molecule has 0 radical (unpaired) electrons. The van der Waals surface area contributed by atoms with Crippen molar-refractivity contribution in [2.45, 2.75) is 19.5 Å². The summed E-state index contributed by atoms with van der Waals surface area (Å²) in [6, 6.07) is 12.2. The summed E-state index contributed by atoms with van der Waals surface area (Å²) in [6.45, 7) is 2.90. The zero-order valence-corrected chi connectivity index (χ0v) is 17.6. The molecule has 0 saturated heterocycles. The Balaban J connectivity index is 1.62. The van der Waals surface area contributed by atoms with Crippen molar-refractivity contribution in [3.63, 3.8) is 0 Å². The number of quaternary nitrogens is 1. The zero-order valence-electron chi connectivity index (χ0n) is 16.0. The maximum atomic E-state index is 12.8. The number of hydrogen-bond donors (Lipinski definition) is 2. The van der Waals surface area contributed by atoms with Gasteiger partial charge in [-0.15, -0.1) is 22.7 Å². The predicted octanol–water partition coefficient (Wildman–Crippen LogP) is 3.50. The number of rotatable bonds is 6. The van der Waals surface area contributed by atoms with Gasteiger partial charge in [0.05, 0.1) is 19.5 Å². The fourth-order valence-electron chi connectivity index (χ4n) is 3.27. The highest BCUT2D eigenvalue weighted by molar-refractivity contribution is 7.18. The van der Waals surface area contributed by atoms with Crippen LogP contribution in [0.4, 0.5) is 0 Å². The fraction of sp³-hybridized carbons (Fsp3) is 0.238. The molecule has 144 valence electrons. The van der Waals surface area contributed by atoms with E-state index in [1.807, 2.05) is 41.1 Å². The van der Waals surface area contributed by atoms with Gasteiger partial charge in [0.15, 0.2) is 5.82 Å². The Kier molecular flexibility index (Phi) is 5.30. The lowest BCUT2D eigenvalue weighted by atomic mass is 10.1. The van der Waals surface area contributed by atoms with Crippen LogP contribution in [-0.2, 0) is 6.54 Å². The molecule has 2 atom stereocenters. The molecule has 0 amide bonds. The maximum Gasteiger partial charge on any atom is 0.260 e. The van der Waals surface area contributed by atoms with Gasteiger partial charge >= 0.3 is 0 Å². The molecule has 0 fully saturated rings. The summed E-state index contributed by atoms with van der Waals surface area (Å²) in [6.07, 6.45) is 0. The first-order valence-corrected chi connectivity index (χ1v) is 10.8. The van der Waals surface area contributed by atoms with Crippen molar-refractivity contribution in [3.05, 3.63) is 68.9 Å². The number of benzene rings is 1. The number of hydrogen-bond acceptors (Lipinski definition) is 5. The van der Waals surface area contributed by atoms with E-state index in [4.69, 9.17) is 9.72 Å². The average Bonchev–Trinajstić information content (AvgIpc) is 3.37. The maximum absolute atomic E-state index is 12.8. The van der Waals surface area contributed by atoms with Crippen LogP contribution < -0.4 is 15.2 Å². The van der Waals surface area contributed by atoms with Crippen LogP contribution in [0.15, 0.2) is 52.0 Å². The average molecular weight is 413 g/mol. The molecule has 0 saturated carbocycles. The highest BCUT2D eigenvalue weighted by atomic mass is 32.1. The Hall–Kier alpha value is -2.48. The molecule has 28 heavy (non-hydrogen) atoms. The summed E-state index contributed by atoms with van der Waals surface area (Å²) >= 11 is 3.16. The first-order valence-electron chi connectivity index (χ1n) is 9.07. The third-order valence-corrected chi connectivity index (χ3v) is 6.79. The molecule has 0 aliphatic heterocycles. The van der Waals surface area contributed by atoms with Gasteiger partial charge in [-0.1, -0.05) is 18.2 Å². The summed E-state index contributed by atoms with van der Waals surface area (Å²) in [5.41, 5.74) is 2.09. The van der Waals surface area contributed by atoms with Crippen molar-refractivity contribution in [3.8, 4) is 16.2 Å². The van der Waals surface area contributed by atoms with E-state index < -0.39 is 0 Å². The minimum absolute atomic E-state index is 0.0515. The predicted molar refractivity (Wildman–Crippen MR) is 116 cm³/mol. The second-order valence-electron chi connectivity index (χ2n) is 6.85.